The molecule has 0 spiro atoms. The molecule has 1 unspecified atom stereocenters. The first kappa shape index (κ1) is 16.1. The second-order valence-corrected chi connectivity index (χ2v) is 4.25. The lowest BCUT2D eigenvalue weighted by Gasteiger charge is -2.09. The molecule has 1 atom stereocenters. The Bertz CT molecular complexity index is 612. The lowest BCUT2D eigenvalue weighted by Crippen LogP contribution is -2.33. The van der Waals surface area contributed by atoms with Crippen molar-refractivity contribution in [1.82, 2.24) is 4.98 Å². The molecule has 0 saturated carbocycles. The summed E-state index contributed by atoms with van der Waals surface area (Å²) < 4.78 is 9.88. The summed E-state index contributed by atoms with van der Waals surface area (Å²) in [6, 6.07) is 2.84. The first-order valence-corrected chi connectivity index (χ1v) is 5.84. The van der Waals surface area contributed by atoms with E-state index < -0.39 is 12.0 Å². The third kappa shape index (κ3) is 2.81. The first-order valence-electron chi connectivity index (χ1n) is 5.84. The minimum absolute atomic E-state index is 0. The predicted molar refractivity (Wildman–Crippen MR) is 80.2 cm³/mol. The number of nitrogens with two attached hydrogens (primary N) is 2. The van der Waals surface area contributed by atoms with E-state index >= 15 is 0 Å². The maximum Gasteiger partial charge on any atom is 0.322 e. The largest absolute Gasteiger partial charge is 0.495 e. The van der Waals surface area contributed by atoms with Gasteiger partial charge in [0, 0.05) is 23.7 Å². The summed E-state index contributed by atoms with van der Waals surface area (Å²) in [7, 11) is 2.90. The normalized spacial score (nSPS) is 11.8. The van der Waals surface area contributed by atoms with E-state index in [-0.39, 0.29) is 12.4 Å². The second-order valence-electron chi connectivity index (χ2n) is 4.25. The lowest BCUT2D eigenvalue weighted by atomic mass is 10.0. The summed E-state index contributed by atoms with van der Waals surface area (Å²) in [5.41, 5.74) is 14.0. The maximum atomic E-state index is 11.4. The Labute approximate surface area is 122 Å². The van der Waals surface area contributed by atoms with Crippen molar-refractivity contribution in [3.63, 3.8) is 0 Å². The number of fused-ring (bicyclic) bond motifs is 1. The van der Waals surface area contributed by atoms with Crippen LogP contribution in [0.25, 0.3) is 10.9 Å². The van der Waals surface area contributed by atoms with Gasteiger partial charge in [0.05, 0.1) is 19.7 Å². The first-order chi connectivity index (χ1) is 9.08. The SMILES string of the molecule is COC(=O)C(N)Cc1c[nH]c2c(OC)ccc(N)c12.Cl. The van der Waals surface area contributed by atoms with Gasteiger partial charge in [-0.15, -0.1) is 12.4 Å². The van der Waals surface area contributed by atoms with Gasteiger partial charge >= 0.3 is 5.97 Å². The highest BCUT2D eigenvalue weighted by Gasteiger charge is 2.18. The average molecular weight is 300 g/mol. The highest BCUT2D eigenvalue weighted by atomic mass is 35.5. The molecule has 5 N–H and O–H groups in total. The minimum Gasteiger partial charge on any atom is -0.495 e. The summed E-state index contributed by atoms with van der Waals surface area (Å²) >= 11 is 0. The van der Waals surface area contributed by atoms with Crippen molar-refractivity contribution in [3.05, 3.63) is 23.9 Å². The van der Waals surface area contributed by atoms with Crippen LogP contribution in [-0.4, -0.2) is 31.2 Å². The van der Waals surface area contributed by atoms with Gasteiger partial charge in [0.25, 0.3) is 0 Å². The molecule has 1 heterocycles. The van der Waals surface area contributed by atoms with E-state index in [9.17, 15) is 4.79 Å². The molecule has 0 bridgehead atoms. The number of anilines is 1. The molecule has 0 aliphatic heterocycles. The number of aromatic nitrogens is 1. The van der Waals surface area contributed by atoms with Gasteiger partial charge in [-0.3, -0.25) is 4.79 Å². The highest BCUT2D eigenvalue weighted by molar-refractivity contribution is 5.98. The van der Waals surface area contributed by atoms with Crippen molar-refractivity contribution in [2.24, 2.45) is 5.73 Å². The molecule has 2 aromatic rings. The second kappa shape index (κ2) is 6.49. The zero-order valence-electron chi connectivity index (χ0n) is 11.3. The van der Waals surface area contributed by atoms with E-state index in [2.05, 4.69) is 9.72 Å². The van der Waals surface area contributed by atoms with Gasteiger partial charge in [-0.1, -0.05) is 0 Å². The van der Waals surface area contributed by atoms with Gasteiger partial charge in [0.1, 0.15) is 11.8 Å². The summed E-state index contributed by atoms with van der Waals surface area (Å²) in [5, 5.41) is 0.832. The van der Waals surface area contributed by atoms with Gasteiger partial charge < -0.3 is 25.9 Å². The van der Waals surface area contributed by atoms with Crippen molar-refractivity contribution in [2.45, 2.75) is 12.5 Å². The fourth-order valence-corrected chi connectivity index (χ4v) is 2.12. The van der Waals surface area contributed by atoms with E-state index in [1.807, 2.05) is 0 Å². The van der Waals surface area contributed by atoms with Crippen molar-refractivity contribution < 1.29 is 14.3 Å². The van der Waals surface area contributed by atoms with Crippen LogP contribution < -0.4 is 16.2 Å². The molecule has 1 aromatic carbocycles. The molecule has 0 amide bonds. The molecular formula is C13H18ClN3O3. The van der Waals surface area contributed by atoms with E-state index in [1.54, 1.807) is 25.4 Å². The number of halogens is 1. The Morgan fingerprint density at radius 1 is 1.40 bits per heavy atom. The molecule has 0 radical (unpaired) electrons. The quantitative estimate of drug-likeness (QED) is 0.582. The molecule has 0 saturated heterocycles. The van der Waals surface area contributed by atoms with Crippen LogP contribution in [0.3, 0.4) is 0 Å². The van der Waals surface area contributed by atoms with E-state index in [0.29, 0.717) is 17.9 Å². The van der Waals surface area contributed by atoms with Crippen LogP contribution in [0, 0.1) is 0 Å². The Kier molecular flexibility index (Phi) is 5.24. The maximum absolute atomic E-state index is 11.4. The Morgan fingerprint density at radius 2 is 2.10 bits per heavy atom. The van der Waals surface area contributed by atoms with Gasteiger partial charge in [0.15, 0.2) is 0 Å². The summed E-state index contributed by atoms with van der Waals surface area (Å²) in [6.07, 6.45) is 2.14. The lowest BCUT2D eigenvalue weighted by molar-refractivity contribution is -0.142. The van der Waals surface area contributed by atoms with Crippen LogP contribution in [0.1, 0.15) is 5.56 Å². The number of carbonyl (C=O) groups excluding carboxylic acids is 1. The topological polar surface area (TPSA) is 103 Å². The van der Waals surface area contributed by atoms with Gasteiger partial charge in [0.2, 0.25) is 0 Å². The van der Waals surface area contributed by atoms with Crippen molar-refractivity contribution in [1.29, 1.82) is 0 Å². The Morgan fingerprint density at radius 3 is 2.70 bits per heavy atom. The van der Waals surface area contributed by atoms with E-state index in [4.69, 9.17) is 16.2 Å². The smallest absolute Gasteiger partial charge is 0.322 e. The van der Waals surface area contributed by atoms with Crippen LogP contribution in [0.5, 0.6) is 5.75 Å². The zero-order chi connectivity index (χ0) is 14.0. The molecule has 7 heteroatoms. The number of benzene rings is 1. The minimum atomic E-state index is -0.713. The van der Waals surface area contributed by atoms with Gasteiger partial charge in [-0.05, 0) is 17.7 Å². The highest BCUT2D eigenvalue weighted by Crippen LogP contribution is 2.32. The molecule has 20 heavy (non-hydrogen) atoms. The van der Waals surface area contributed by atoms with Crippen molar-refractivity contribution in [2.75, 3.05) is 20.0 Å². The average Bonchev–Trinajstić information content (AvgIpc) is 2.83. The number of aromatic amines is 1. The van der Waals surface area contributed by atoms with Crippen LogP contribution in [0.4, 0.5) is 5.69 Å². The van der Waals surface area contributed by atoms with Gasteiger partial charge in [-0.2, -0.15) is 0 Å². The number of methoxy groups -OCH3 is 2. The molecule has 2 rings (SSSR count). The van der Waals surface area contributed by atoms with Crippen LogP contribution in [0.15, 0.2) is 18.3 Å². The number of esters is 1. The number of nitrogens with one attached hydrogen (secondary N) is 1. The van der Waals surface area contributed by atoms with Crippen LogP contribution in [-0.2, 0) is 16.0 Å². The molecule has 1 aromatic heterocycles. The zero-order valence-corrected chi connectivity index (χ0v) is 12.1. The fourth-order valence-electron chi connectivity index (χ4n) is 2.12. The summed E-state index contributed by atoms with van der Waals surface area (Å²) in [6.45, 7) is 0. The Balaban J connectivity index is 0.00000200. The number of rotatable bonds is 4. The number of hydrogen-bond acceptors (Lipinski definition) is 5. The van der Waals surface area contributed by atoms with Crippen LogP contribution >= 0.6 is 12.4 Å². The number of nitrogen functional groups attached to an aromatic ring is 1. The fraction of sp³-hybridized carbons (Fsp3) is 0.308. The molecule has 0 aliphatic carbocycles. The summed E-state index contributed by atoms with van der Waals surface area (Å²) in [4.78, 5) is 14.5. The molecule has 0 aliphatic rings. The molecule has 0 fully saturated rings. The number of ether oxygens (including phenoxy) is 2. The molecule has 6 nitrogen and oxygen atoms in total. The monoisotopic (exact) mass is 299 g/mol. The Hall–Kier alpha value is -1.92. The van der Waals surface area contributed by atoms with E-state index in [1.165, 1.54) is 7.11 Å². The number of H-pyrrole nitrogens is 1. The van der Waals surface area contributed by atoms with E-state index in [0.717, 1.165) is 16.5 Å². The molecule has 110 valence electrons. The standard InChI is InChI=1S/C13H17N3O3.ClH/c1-18-10-4-3-8(14)11-7(6-16-12(10)11)5-9(15)13(17)19-2;/h3-4,6,9,16H,5,14-15H2,1-2H3;1H. The van der Waals surface area contributed by atoms with Crippen LogP contribution in [0.2, 0.25) is 0 Å². The third-order valence-electron chi connectivity index (χ3n) is 3.07. The molecular weight excluding hydrogens is 282 g/mol. The number of carbonyl (C=O) groups is 1. The van der Waals surface area contributed by atoms with Crippen molar-refractivity contribution >= 4 is 35.0 Å². The predicted octanol–water partition coefficient (Wildman–Crippen LogP) is 1.22. The summed E-state index contributed by atoms with van der Waals surface area (Å²) in [5.74, 6) is 0.248. The van der Waals surface area contributed by atoms with Crippen molar-refractivity contribution in [3.8, 4) is 5.75 Å². The third-order valence-corrected chi connectivity index (χ3v) is 3.07. The number of hydrogen-bond donors (Lipinski definition) is 3. The van der Waals surface area contributed by atoms with Gasteiger partial charge in [-0.25, -0.2) is 0 Å².